The maximum Gasteiger partial charge on any atom is 0.573 e. The average Bonchev–Trinajstić information content (AvgIpc) is 2.91. The fourth-order valence-electron chi connectivity index (χ4n) is 2.40. The molecule has 0 fully saturated rings. The number of carbonyl (C=O) groups is 2. The molecule has 0 radical (unpaired) electrons. The summed E-state index contributed by atoms with van der Waals surface area (Å²) in [4.78, 5) is 25.6. The van der Waals surface area contributed by atoms with Crippen molar-refractivity contribution < 1.29 is 31.9 Å². The maximum absolute atomic E-state index is 12.1. The highest BCUT2D eigenvalue weighted by Crippen LogP contribution is 2.23. The number of ether oxygens (including phenoxy) is 1. The van der Waals surface area contributed by atoms with Gasteiger partial charge in [0.05, 0.1) is 12.1 Å². The molecule has 0 bridgehead atoms. The van der Waals surface area contributed by atoms with Crippen LogP contribution in [0.15, 0.2) is 34.7 Å². The maximum atomic E-state index is 12.1. The normalized spacial score (nSPS) is 11.2. The number of aryl methyl sites for hydroxylation is 2. The SMILES string of the molecule is Cc1cc(C(=O)NCC(=O)N(C)Cc2ccc(OC(F)(F)F)cc2)c(C)o1. The van der Waals surface area contributed by atoms with Crippen molar-refractivity contribution in [2.45, 2.75) is 26.8 Å². The van der Waals surface area contributed by atoms with Gasteiger partial charge in [0, 0.05) is 13.6 Å². The summed E-state index contributed by atoms with van der Waals surface area (Å²) in [5.41, 5.74) is 0.983. The van der Waals surface area contributed by atoms with Crippen molar-refractivity contribution in [1.82, 2.24) is 10.2 Å². The number of carbonyl (C=O) groups excluding carboxylic acids is 2. The molecular weight excluding hydrogens is 365 g/mol. The van der Waals surface area contributed by atoms with Gasteiger partial charge in [0.1, 0.15) is 17.3 Å². The third kappa shape index (κ3) is 6.05. The van der Waals surface area contributed by atoms with E-state index >= 15 is 0 Å². The quantitative estimate of drug-likeness (QED) is 0.830. The van der Waals surface area contributed by atoms with Crippen molar-refractivity contribution >= 4 is 11.8 Å². The van der Waals surface area contributed by atoms with Crippen LogP contribution in [0.1, 0.15) is 27.4 Å². The summed E-state index contributed by atoms with van der Waals surface area (Å²) in [6.45, 7) is 3.33. The molecule has 0 aliphatic carbocycles. The summed E-state index contributed by atoms with van der Waals surface area (Å²) < 4.78 is 45.5. The third-order valence-electron chi connectivity index (χ3n) is 3.69. The van der Waals surface area contributed by atoms with Gasteiger partial charge in [-0.15, -0.1) is 13.2 Å². The first kappa shape index (κ1) is 20.3. The van der Waals surface area contributed by atoms with E-state index in [2.05, 4.69) is 10.1 Å². The summed E-state index contributed by atoms with van der Waals surface area (Å²) >= 11 is 0. The summed E-state index contributed by atoms with van der Waals surface area (Å²) in [6, 6.07) is 6.80. The van der Waals surface area contributed by atoms with Gasteiger partial charge in [-0.2, -0.15) is 0 Å². The topological polar surface area (TPSA) is 71.8 Å². The second-order valence-electron chi connectivity index (χ2n) is 5.95. The number of hydrogen-bond donors (Lipinski definition) is 1. The smallest absolute Gasteiger partial charge is 0.466 e. The Labute approximate surface area is 153 Å². The fraction of sp³-hybridized carbons (Fsp3) is 0.333. The molecule has 1 heterocycles. The molecule has 146 valence electrons. The number of amides is 2. The molecule has 2 rings (SSSR count). The Morgan fingerprint density at radius 2 is 1.81 bits per heavy atom. The number of rotatable bonds is 6. The number of nitrogens with zero attached hydrogens (tertiary/aromatic N) is 1. The lowest BCUT2D eigenvalue weighted by Crippen LogP contribution is -2.37. The lowest BCUT2D eigenvalue weighted by atomic mass is 10.2. The molecule has 0 spiro atoms. The second kappa shape index (κ2) is 8.15. The summed E-state index contributed by atoms with van der Waals surface area (Å²) in [5, 5.41) is 2.52. The standard InChI is InChI=1S/C18H19F3N2O4/c1-11-8-15(12(2)26-11)17(25)22-9-16(24)23(3)10-13-4-6-14(7-5-13)27-18(19,20)21/h4-8H,9-10H2,1-3H3,(H,22,25). The molecule has 0 aliphatic heterocycles. The number of alkyl halides is 3. The van der Waals surface area contributed by atoms with Gasteiger partial charge in [-0.05, 0) is 37.6 Å². The zero-order chi connectivity index (χ0) is 20.2. The molecule has 0 unspecified atom stereocenters. The number of halogens is 3. The van der Waals surface area contributed by atoms with Crippen LogP contribution in [0.4, 0.5) is 13.2 Å². The first-order chi connectivity index (χ1) is 12.5. The second-order valence-corrected chi connectivity index (χ2v) is 5.95. The Morgan fingerprint density at radius 3 is 2.33 bits per heavy atom. The van der Waals surface area contributed by atoms with Crippen molar-refractivity contribution in [3.63, 3.8) is 0 Å². The molecular formula is C18H19F3N2O4. The van der Waals surface area contributed by atoms with Crippen molar-refractivity contribution in [3.05, 3.63) is 53.0 Å². The van der Waals surface area contributed by atoms with Crippen LogP contribution in [0.5, 0.6) is 5.75 Å². The zero-order valence-corrected chi connectivity index (χ0v) is 15.0. The number of benzene rings is 1. The number of furan rings is 1. The largest absolute Gasteiger partial charge is 0.573 e. The van der Waals surface area contributed by atoms with E-state index in [9.17, 15) is 22.8 Å². The lowest BCUT2D eigenvalue weighted by molar-refractivity contribution is -0.274. The minimum atomic E-state index is -4.75. The molecule has 0 saturated carbocycles. The first-order valence-corrected chi connectivity index (χ1v) is 7.99. The molecule has 0 saturated heterocycles. The highest BCUT2D eigenvalue weighted by molar-refractivity contribution is 5.97. The van der Waals surface area contributed by atoms with E-state index in [0.29, 0.717) is 22.6 Å². The molecule has 0 atom stereocenters. The van der Waals surface area contributed by atoms with Crippen LogP contribution in [-0.4, -0.2) is 36.7 Å². The van der Waals surface area contributed by atoms with E-state index in [1.165, 1.54) is 36.2 Å². The Hall–Kier alpha value is -2.97. The van der Waals surface area contributed by atoms with Crippen LogP contribution in [-0.2, 0) is 11.3 Å². The molecule has 1 aromatic carbocycles. The molecule has 9 heteroatoms. The van der Waals surface area contributed by atoms with Crippen molar-refractivity contribution in [2.75, 3.05) is 13.6 Å². The Morgan fingerprint density at radius 1 is 1.19 bits per heavy atom. The molecule has 0 aliphatic rings. The van der Waals surface area contributed by atoms with Crippen molar-refractivity contribution in [3.8, 4) is 5.75 Å². The van der Waals surface area contributed by atoms with Gasteiger partial charge < -0.3 is 19.4 Å². The van der Waals surface area contributed by atoms with Crippen molar-refractivity contribution in [1.29, 1.82) is 0 Å². The van der Waals surface area contributed by atoms with E-state index in [1.54, 1.807) is 19.9 Å². The number of hydrogen-bond acceptors (Lipinski definition) is 4. The minimum absolute atomic E-state index is 0.171. The zero-order valence-electron chi connectivity index (χ0n) is 15.0. The molecule has 27 heavy (non-hydrogen) atoms. The Bertz CT molecular complexity index is 813. The van der Waals surface area contributed by atoms with Gasteiger partial charge in [0.15, 0.2) is 0 Å². The monoisotopic (exact) mass is 384 g/mol. The van der Waals surface area contributed by atoms with E-state index in [1.807, 2.05) is 0 Å². The molecule has 6 nitrogen and oxygen atoms in total. The molecule has 1 aromatic heterocycles. The summed E-state index contributed by atoms with van der Waals surface area (Å²) in [6.07, 6.45) is -4.75. The molecule has 2 aromatic rings. The Kier molecular flexibility index (Phi) is 6.14. The third-order valence-corrected chi connectivity index (χ3v) is 3.69. The summed E-state index contributed by atoms with van der Waals surface area (Å²) in [5.74, 6) is -0.0409. The van der Waals surface area contributed by atoms with Crippen LogP contribution >= 0.6 is 0 Å². The highest BCUT2D eigenvalue weighted by Gasteiger charge is 2.31. The predicted molar refractivity (Wildman–Crippen MR) is 90.1 cm³/mol. The Balaban J connectivity index is 1.86. The number of likely N-dealkylation sites (N-methyl/N-ethyl adjacent to an activating group) is 1. The van der Waals surface area contributed by atoms with Gasteiger partial charge in [0.25, 0.3) is 5.91 Å². The average molecular weight is 384 g/mol. The van der Waals surface area contributed by atoms with E-state index in [0.717, 1.165) is 0 Å². The fourth-order valence-corrected chi connectivity index (χ4v) is 2.40. The molecule has 2 amide bonds. The first-order valence-electron chi connectivity index (χ1n) is 7.99. The van der Waals surface area contributed by atoms with Crippen LogP contribution < -0.4 is 10.1 Å². The summed E-state index contributed by atoms with van der Waals surface area (Å²) in [7, 11) is 1.53. The highest BCUT2D eigenvalue weighted by atomic mass is 19.4. The van der Waals surface area contributed by atoms with E-state index in [4.69, 9.17) is 4.42 Å². The van der Waals surface area contributed by atoms with Gasteiger partial charge in [-0.1, -0.05) is 12.1 Å². The number of nitrogens with one attached hydrogen (secondary N) is 1. The van der Waals surface area contributed by atoms with Crippen LogP contribution in [0.3, 0.4) is 0 Å². The van der Waals surface area contributed by atoms with Gasteiger partial charge >= 0.3 is 6.36 Å². The van der Waals surface area contributed by atoms with Gasteiger partial charge in [-0.25, -0.2) is 0 Å². The van der Waals surface area contributed by atoms with E-state index < -0.39 is 12.3 Å². The predicted octanol–water partition coefficient (Wildman–Crippen LogP) is 3.18. The lowest BCUT2D eigenvalue weighted by Gasteiger charge is -2.18. The van der Waals surface area contributed by atoms with Crippen LogP contribution in [0.2, 0.25) is 0 Å². The van der Waals surface area contributed by atoms with Crippen LogP contribution in [0, 0.1) is 13.8 Å². The van der Waals surface area contributed by atoms with E-state index in [-0.39, 0.29) is 24.7 Å². The van der Waals surface area contributed by atoms with Crippen LogP contribution in [0.25, 0.3) is 0 Å². The van der Waals surface area contributed by atoms with Crippen molar-refractivity contribution in [2.24, 2.45) is 0 Å². The van der Waals surface area contributed by atoms with Gasteiger partial charge in [0.2, 0.25) is 5.91 Å². The molecule has 1 N–H and O–H groups in total. The van der Waals surface area contributed by atoms with Gasteiger partial charge in [-0.3, -0.25) is 9.59 Å². The minimum Gasteiger partial charge on any atom is -0.466 e.